The summed E-state index contributed by atoms with van der Waals surface area (Å²) in [6, 6.07) is 4.68. The number of nitrogens with two attached hydrogens (primary N) is 1. The molecule has 0 heterocycles. The second kappa shape index (κ2) is 9.68. The van der Waals surface area contributed by atoms with E-state index < -0.39 is 0 Å². The number of rotatable bonds is 6. The zero-order valence-electron chi connectivity index (χ0n) is 10.6. The highest BCUT2D eigenvalue weighted by molar-refractivity contribution is 9.10. The molecule has 0 aliphatic rings. The molecule has 112 valence electrons. The summed E-state index contributed by atoms with van der Waals surface area (Å²) in [5, 5.41) is 5.01. The molecule has 1 aromatic rings. The van der Waals surface area contributed by atoms with Crippen LogP contribution in [0.15, 0.2) is 22.7 Å². The van der Waals surface area contributed by atoms with E-state index in [0.717, 1.165) is 5.56 Å². The normalized spacial score (nSPS) is 9.55. The van der Waals surface area contributed by atoms with Crippen LogP contribution in [0.5, 0.6) is 0 Å². The van der Waals surface area contributed by atoms with Crippen LogP contribution < -0.4 is 16.4 Å². The Kier molecular flexibility index (Phi) is 9.11. The zero-order valence-corrected chi connectivity index (χ0v) is 13.0. The van der Waals surface area contributed by atoms with Gasteiger partial charge in [-0.2, -0.15) is 0 Å². The summed E-state index contributed by atoms with van der Waals surface area (Å²) in [6.45, 7) is 0.176. The van der Waals surface area contributed by atoms with E-state index in [1.165, 1.54) is 6.07 Å². The number of nitrogens with one attached hydrogen (secondary N) is 2. The van der Waals surface area contributed by atoms with Crippen molar-refractivity contribution in [2.45, 2.75) is 6.42 Å². The van der Waals surface area contributed by atoms with E-state index in [-0.39, 0.29) is 43.1 Å². The lowest BCUT2D eigenvalue weighted by atomic mass is 10.1. The van der Waals surface area contributed by atoms with Crippen molar-refractivity contribution in [3.05, 3.63) is 34.1 Å². The Morgan fingerprint density at radius 2 is 1.95 bits per heavy atom. The van der Waals surface area contributed by atoms with Crippen LogP contribution in [0.4, 0.5) is 4.39 Å². The quantitative estimate of drug-likeness (QED) is 0.692. The van der Waals surface area contributed by atoms with Crippen molar-refractivity contribution < 1.29 is 14.0 Å². The molecule has 0 spiro atoms. The van der Waals surface area contributed by atoms with E-state index in [4.69, 9.17) is 5.73 Å². The fraction of sp³-hybridized carbons (Fsp3) is 0.333. The predicted octanol–water partition coefficient (Wildman–Crippen LogP) is 0.744. The smallest absolute Gasteiger partial charge is 0.239 e. The number of amides is 2. The van der Waals surface area contributed by atoms with Crippen molar-refractivity contribution in [3.63, 3.8) is 0 Å². The summed E-state index contributed by atoms with van der Waals surface area (Å²) in [7, 11) is 0. The van der Waals surface area contributed by atoms with Gasteiger partial charge >= 0.3 is 0 Å². The first-order chi connectivity index (χ1) is 9.02. The summed E-state index contributed by atoms with van der Waals surface area (Å²) in [5.74, 6) is -0.988. The zero-order chi connectivity index (χ0) is 14.3. The molecule has 1 aromatic carbocycles. The van der Waals surface area contributed by atoms with Gasteiger partial charge in [0.25, 0.3) is 0 Å². The minimum Gasteiger partial charge on any atom is -0.354 e. The molecule has 4 N–H and O–H groups in total. The highest BCUT2D eigenvalue weighted by Crippen LogP contribution is 2.16. The van der Waals surface area contributed by atoms with E-state index in [1.54, 1.807) is 12.1 Å². The second-order valence-electron chi connectivity index (χ2n) is 3.83. The first kappa shape index (κ1) is 18.8. The van der Waals surface area contributed by atoms with Crippen LogP contribution in [0.25, 0.3) is 0 Å². The highest BCUT2D eigenvalue weighted by Gasteiger charge is 2.04. The summed E-state index contributed by atoms with van der Waals surface area (Å²) in [4.78, 5) is 22.2. The molecule has 0 fully saturated rings. The van der Waals surface area contributed by atoms with Crippen LogP contribution in [0.3, 0.4) is 0 Å². The molecule has 2 amide bonds. The number of hydrogen-bond donors (Lipinski definition) is 3. The van der Waals surface area contributed by atoms with Crippen LogP contribution in [0.1, 0.15) is 5.56 Å². The van der Waals surface area contributed by atoms with Crippen molar-refractivity contribution in [2.75, 3.05) is 19.6 Å². The molecular formula is C12H16BrClFN3O2. The molecule has 0 aromatic heterocycles. The van der Waals surface area contributed by atoms with Gasteiger partial charge in [0, 0.05) is 6.54 Å². The Balaban J connectivity index is 0.00000361. The summed E-state index contributed by atoms with van der Waals surface area (Å²) in [6.07, 6.45) is 0.579. The number of carbonyl (C=O) groups is 2. The average molecular weight is 369 g/mol. The number of halogens is 3. The SMILES string of the molecule is Cl.NCC(=O)NCC(=O)NCCc1ccc(F)c(Br)c1. The third-order valence-electron chi connectivity index (χ3n) is 2.35. The van der Waals surface area contributed by atoms with E-state index in [0.29, 0.717) is 17.4 Å². The van der Waals surface area contributed by atoms with E-state index in [1.807, 2.05) is 0 Å². The van der Waals surface area contributed by atoms with Gasteiger partial charge in [-0.3, -0.25) is 9.59 Å². The molecule has 8 heteroatoms. The third kappa shape index (κ3) is 6.83. The van der Waals surface area contributed by atoms with E-state index in [9.17, 15) is 14.0 Å². The van der Waals surface area contributed by atoms with Gasteiger partial charge in [-0.05, 0) is 40.0 Å². The van der Waals surface area contributed by atoms with Crippen molar-refractivity contribution in [1.82, 2.24) is 10.6 Å². The molecule has 0 aliphatic heterocycles. The van der Waals surface area contributed by atoms with Gasteiger partial charge in [0.15, 0.2) is 0 Å². The lowest BCUT2D eigenvalue weighted by Crippen LogP contribution is -2.40. The van der Waals surface area contributed by atoms with Crippen molar-refractivity contribution >= 4 is 40.2 Å². The molecule has 0 saturated heterocycles. The average Bonchev–Trinajstić information content (AvgIpc) is 2.40. The Bertz CT molecular complexity index is 474. The maximum atomic E-state index is 13.0. The molecule has 0 atom stereocenters. The standard InChI is InChI=1S/C12H15BrFN3O2.ClH/c13-9-5-8(1-2-10(9)14)3-4-16-12(19)7-17-11(18)6-15;/h1-2,5H,3-4,6-7,15H2,(H,16,19)(H,17,18);1H. The number of benzene rings is 1. The fourth-order valence-corrected chi connectivity index (χ4v) is 1.78. The lowest BCUT2D eigenvalue weighted by molar-refractivity contribution is -0.125. The molecular weight excluding hydrogens is 353 g/mol. The molecule has 0 aliphatic carbocycles. The number of carbonyl (C=O) groups excluding carboxylic acids is 2. The molecule has 5 nitrogen and oxygen atoms in total. The Hall–Kier alpha value is -1.18. The third-order valence-corrected chi connectivity index (χ3v) is 2.96. The maximum absolute atomic E-state index is 13.0. The molecule has 20 heavy (non-hydrogen) atoms. The van der Waals surface area contributed by atoms with Gasteiger partial charge in [0.2, 0.25) is 11.8 Å². The monoisotopic (exact) mass is 367 g/mol. The molecule has 1 rings (SSSR count). The highest BCUT2D eigenvalue weighted by atomic mass is 79.9. The Labute approximate surface area is 131 Å². The van der Waals surface area contributed by atoms with E-state index in [2.05, 4.69) is 26.6 Å². The van der Waals surface area contributed by atoms with E-state index >= 15 is 0 Å². The van der Waals surface area contributed by atoms with Crippen molar-refractivity contribution in [2.24, 2.45) is 5.73 Å². The first-order valence-corrected chi connectivity index (χ1v) is 6.49. The molecule has 0 bridgehead atoms. The van der Waals surface area contributed by atoms with Gasteiger partial charge in [-0.1, -0.05) is 6.07 Å². The van der Waals surface area contributed by atoms with Gasteiger partial charge in [-0.25, -0.2) is 4.39 Å². The summed E-state index contributed by atoms with van der Waals surface area (Å²) >= 11 is 3.09. The van der Waals surface area contributed by atoms with Crippen LogP contribution >= 0.6 is 28.3 Å². The topological polar surface area (TPSA) is 84.2 Å². The molecule has 0 unspecified atom stereocenters. The number of hydrogen-bond acceptors (Lipinski definition) is 3. The van der Waals surface area contributed by atoms with Gasteiger partial charge in [-0.15, -0.1) is 12.4 Å². The fourth-order valence-electron chi connectivity index (χ4n) is 1.35. The molecule has 0 saturated carbocycles. The van der Waals surface area contributed by atoms with Gasteiger partial charge in [0.05, 0.1) is 17.6 Å². The predicted molar refractivity (Wildman–Crippen MR) is 80.1 cm³/mol. The summed E-state index contributed by atoms with van der Waals surface area (Å²) < 4.78 is 13.4. The minimum atomic E-state index is -0.377. The summed E-state index contributed by atoms with van der Waals surface area (Å²) in [5.41, 5.74) is 5.98. The minimum absolute atomic E-state index is 0. The van der Waals surface area contributed by atoms with Crippen LogP contribution in [0, 0.1) is 5.82 Å². The van der Waals surface area contributed by atoms with Crippen molar-refractivity contribution in [1.29, 1.82) is 0 Å². The molecule has 0 radical (unpaired) electrons. The maximum Gasteiger partial charge on any atom is 0.239 e. The van der Waals surface area contributed by atoms with Crippen molar-refractivity contribution in [3.8, 4) is 0 Å². The first-order valence-electron chi connectivity index (χ1n) is 5.70. The van der Waals surface area contributed by atoms with Crippen LogP contribution in [-0.2, 0) is 16.0 Å². The lowest BCUT2D eigenvalue weighted by Gasteiger charge is -2.07. The van der Waals surface area contributed by atoms with Crippen LogP contribution in [-0.4, -0.2) is 31.4 Å². The Morgan fingerprint density at radius 3 is 2.55 bits per heavy atom. The Morgan fingerprint density at radius 1 is 1.25 bits per heavy atom. The van der Waals surface area contributed by atoms with Gasteiger partial charge in [0.1, 0.15) is 5.82 Å². The largest absolute Gasteiger partial charge is 0.354 e. The second-order valence-corrected chi connectivity index (χ2v) is 4.68. The van der Waals surface area contributed by atoms with Crippen LogP contribution in [0.2, 0.25) is 0 Å². The van der Waals surface area contributed by atoms with Gasteiger partial charge < -0.3 is 16.4 Å².